The summed E-state index contributed by atoms with van der Waals surface area (Å²) in [4.78, 5) is 18.0. The summed E-state index contributed by atoms with van der Waals surface area (Å²) < 4.78 is 43.2. The van der Waals surface area contributed by atoms with Gasteiger partial charge in [-0.15, -0.1) is 0 Å². The summed E-state index contributed by atoms with van der Waals surface area (Å²) in [5.74, 6) is -2.91. The first-order valence-corrected chi connectivity index (χ1v) is 10.5. The molecule has 3 aromatic carbocycles. The van der Waals surface area contributed by atoms with E-state index in [-0.39, 0.29) is 17.9 Å². The van der Waals surface area contributed by atoms with Crippen molar-refractivity contribution in [3.05, 3.63) is 113 Å². The Morgan fingerprint density at radius 1 is 0.909 bits per heavy atom. The number of rotatable bonds is 5. The molecule has 33 heavy (non-hydrogen) atoms. The maximum absolute atomic E-state index is 14.2. The number of hydrogen-bond acceptors (Lipinski definition) is 3. The second-order valence-corrected chi connectivity index (χ2v) is 7.91. The normalized spacial score (nSPS) is 14.8. The van der Waals surface area contributed by atoms with Crippen molar-refractivity contribution >= 4 is 11.7 Å². The number of carbonyl (C=O) groups excluding carboxylic acids is 1. The van der Waals surface area contributed by atoms with Crippen LogP contribution in [0.2, 0.25) is 0 Å². The first-order valence-electron chi connectivity index (χ1n) is 10.5. The monoisotopic (exact) mass is 446 g/mol. The minimum Gasteiger partial charge on any atom is -0.258 e. The summed E-state index contributed by atoms with van der Waals surface area (Å²) in [6, 6.07) is 19.5. The predicted molar refractivity (Wildman–Crippen MR) is 117 cm³/mol. The van der Waals surface area contributed by atoms with Crippen LogP contribution in [0.5, 0.6) is 0 Å². The Labute approximate surface area is 188 Å². The van der Waals surface area contributed by atoms with Gasteiger partial charge >= 0.3 is 11.7 Å². The van der Waals surface area contributed by atoms with Crippen molar-refractivity contribution in [2.45, 2.75) is 18.9 Å². The number of nitrogens with zero attached hydrogens (tertiary/aromatic N) is 2. The number of anilines is 1. The fraction of sp³-hybridized carbons (Fsp3) is 0.115. The van der Waals surface area contributed by atoms with Crippen molar-refractivity contribution in [2.75, 3.05) is 5.32 Å². The maximum Gasteiger partial charge on any atom is 0.359 e. The zero-order chi connectivity index (χ0) is 22.9. The van der Waals surface area contributed by atoms with Crippen molar-refractivity contribution in [1.82, 2.24) is 4.98 Å². The third-order valence-electron chi connectivity index (χ3n) is 5.67. The van der Waals surface area contributed by atoms with Crippen LogP contribution in [0.3, 0.4) is 0 Å². The van der Waals surface area contributed by atoms with Crippen LogP contribution in [-0.2, 0) is 12.8 Å². The highest BCUT2D eigenvalue weighted by atomic mass is 19.1. The lowest BCUT2D eigenvalue weighted by Crippen LogP contribution is -2.44. The van der Waals surface area contributed by atoms with Crippen LogP contribution in [-0.4, -0.2) is 16.9 Å². The van der Waals surface area contributed by atoms with Crippen LogP contribution in [0.1, 0.15) is 21.6 Å². The molecule has 0 saturated heterocycles. The van der Waals surface area contributed by atoms with Gasteiger partial charge in [-0.3, -0.25) is 5.32 Å². The van der Waals surface area contributed by atoms with Crippen molar-refractivity contribution in [2.24, 2.45) is 0 Å². The first kappa shape index (κ1) is 20.9. The molecule has 1 unspecified atom stereocenters. The highest BCUT2D eigenvalue weighted by molar-refractivity contribution is 5.82. The van der Waals surface area contributed by atoms with Crippen LogP contribution in [0.4, 0.5) is 19.0 Å². The van der Waals surface area contributed by atoms with Crippen LogP contribution in [0.25, 0.3) is 11.3 Å². The molecule has 1 N–H and O–H groups in total. The Bertz CT molecular complexity index is 1320. The average Bonchev–Trinajstić information content (AvgIpc) is 3.13. The Hall–Kier alpha value is -4.00. The molecule has 1 aliphatic rings. The molecule has 0 spiro atoms. The molecule has 0 saturated carbocycles. The van der Waals surface area contributed by atoms with E-state index >= 15 is 0 Å². The average molecular weight is 446 g/mol. The third kappa shape index (κ3) is 4.09. The summed E-state index contributed by atoms with van der Waals surface area (Å²) in [6.07, 6.45) is 1.83. The summed E-state index contributed by atoms with van der Waals surface area (Å²) >= 11 is 0. The zero-order valence-electron chi connectivity index (χ0n) is 17.4. The minimum atomic E-state index is -1.02. The van der Waals surface area contributed by atoms with Gasteiger partial charge < -0.3 is 0 Å². The van der Waals surface area contributed by atoms with E-state index in [0.717, 1.165) is 11.1 Å². The summed E-state index contributed by atoms with van der Waals surface area (Å²) in [7, 11) is 0. The van der Waals surface area contributed by atoms with Gasteiger partial charge in [-0.1, -0.05) is 60.7 Å². The van der Waals surface area contributed by atoms with Gasteiger partial charge in [-0.25, -0.2) is 22.9 Å². The second kappa shape index (κ2) is 8.50. The quantitative estimate of drug-likeness (QED) is 0.451. The van der Waals surface area contributed by atoms with Crippen molar-refractivity contribution < 1.29 is 22.5 Å². The van der Waals surface area contributed by atoms with E-state index in [1.165, 1.54) is 4.57 Å². The molecule has 0 radical (unpaired) electrons. The fourth-order valence-electron chi connectivity index (χ4n) is 4.04. The van der Waals surface area contributed by atoms with Gasteiger partial charge in [0.15, 0.2) is 6.04 Å². The van der Waals surface area contributed by atoms with Crippen LogP contribution >= 0.6 is 0 Å². The van der Waals surface area contributed by atoms with E-state index in [2.05, 4.69) is 5.32 Å². The molecule has 4 aromatic rings. The molecule has 0 fully saturated rings. The lowest BCUT2D eigenvalue weighted by atomic mass is 10.0. The molecule has 1 aromatic heterocycles. The van der Waals surface area contributed by atoms with E-state index in [0.29, 0.717) is 35.8 Å². The van der Waals surface area contributed by atoms with E-state index in [1.807, 2.05) is 60.7 Å². The van der Waals surface area contributed by atoms with Gasteiger partial charge in [-0.2, -0.15) is 4.57 Å². The molecule has 0 amide bonds. The smallest absolute Gasteiger partial charge is 0.258 e. The van der Waals surface area contributed by atoms with Gasteiger partial charge in [0.2, 0.25) is 0 Å². The molecule has 4 nitrogen and oxygen atoms in total. The SMILES string of the molecule is O=C1C(Cc2c(F)cc(F)cc2F)Nc2c(Cc3ccccc3)nc(-c3ccccc3)c[n+]21. The van der Waals surface area contributed by atoms with Crippen LogP contribution < -0.4 is 9.88 Å². The standard InChI is InChI=1S/C26H18F3N3O/c27-18-12-20(28)19(21(29)13-18)14-23-26(33)32-15-24(17-9-5-2-6-10-17)30-22(25(32)31-23)11-16-7-3-1-4-8-16/h1-10,12-13,15,23H,11,14H2/p+1. The molecule has 7 heteroatoms. The molecule has 1 atom stereocenters. The summed E-state index contributed by atoms with van der Waals surface area (Å²) in [6.45, 7) is 0. The molecule has 164 valence electrons. The van der Waals surface area contributed by atoms with Crippen molar-refractivity contribution in [3.63, 3.8) is 0 Å². The number of fused-ring (bicyclic) bond motifs is 1. The second-order valence-electron chi connectivity index (χ2n) is 7.91. The van der Waals surface area contributed by atoms with Crippen LogP contribution in [0.15, 0.2) is 79.0 Å². The lowest BCUT2D eigenvalue weighted by molar-refractivity contribution is -0.552. The molecule has 2 heterocycles. The maximum atomic E-state index is 14.2. The molecular weight excluding hydrogens is 427 g/mol. The molecule has 1 aliphatic heterocycles. The number of aromatic nitrogens is 2. The van der Waals surface area contributed by atoms with Gasteiger partial charge in [0.1, 0.15) is 35.0 Å². The summed E-state index contributed by atoms with van der Waals surface area (Å²) in [5.41, 5.74) is 2.76. The number of nitrogens with one attached hydrogen (secondary N) is 1. The van der Waals surface area contributed by atoms with E-state index in [4.69, 9.17) is 4.98 Å². The largest absolute Gasteiger partial charge is 0.359 e. The third-order valence-corrected chi connectivity index (χ3v) is 5.67. The lowest BCUT2D eigenvalue weighted by Gasteiger charge is -2.07. The molecule has 0 bridgehead atoms. The minimum absolute atomic E-state index is 0.260. The topological polar surface area (TPSA) is 45.9 Å². The van der Waals surface area contributed by atoms with E-state index in [1.54, 1.807) is 6.20 Å². The van der Waals surface area contributed by atoms with Gasteiger partial charge in [0, 0.05) is 36.1 Å². The fourth-order valence-corrected chi connectivity index (χ4v) is 4.04. The van der Waals surface area contributed by atoms with Gasteiger partial charge in [0.05, 0.1) is 0 Å². The predicted octanol–water partition coefficient (Wildman–Crippen LogP) is 4.72. The highest BCUT2D eigenvalue weighted by Crippen LogP contribution is 2.26. The number of benzene rings is 3. The van der Waals surface area contributed by atoms with E-state index < -0.39 is 23.5 Å². The number of halogens is 3. The van der Waals surface area contributed by atoms with Gasteiger partial charge in [0.25, 0.3) is 0 Å². The molecule has 5 rings (SSSR count). The first-order chi connectivity index (χ1) is 16.0. The van der Waals surface area contributed by atoms with Gasteiger partial charge in [-0.05, 0) is 5.56 Å². The van der Waals surface area contributed by atoms with Crippen LogP contribution in [0, 0.1) is 17.5 Å². The Balaban J connectivity index is 1.55. The van der Waals surface area contributed by atoms with E-state index in [9.17, 15) is 18.0 Å². The van der Waals surface area contributed by atoms with Crippen molar-refractivity contribution in [3.8, 4) is 11.3 Å². The van der Waals surface area contributed by atoms with Crippen molar-refractivity contribution in [1.29, 1.82) is 0 Å². The summed E-state index contributed by atoms with van der Waals surface area (Å²) in [5, 5.41) is 3.09. The number of hydrogen-bond donors (Lipinski definition) is 1. The highest BCUT2D eigenvalue weighted by Gasteiger charge is 2.42. The zero-order valence-corrected chi connectivity index (χ0v) is 17.4. The Morgan fingerprint density at radius 3 is 2.21 bits per heavy atom. The Morgan fingerprint density at radius 2 is 1.55 bits per heavy atom. The molecule has 0 aliphatic carbocycles. The Kier molecular flexibility index (Phi) is 5.38. The number of carbonyl (C=O) groups is 1. The molecular formula is C26H19F3N3O+.